The highest BCUT2D eigenvalue weighted by Crippen LogP contribution is 2.32. The Bertz CT molecular complexity index is 1560. The van der Waals surface area contributed by atoms with E-state index in [1.807, 2.05) is 6.92 Å². The van der Waals surface area contributed by atoms with E-state index in [9.17, 15) is 14.4 Å². The van der Waals surface area contributed by atoms with E-state index < -0.39 is 29.2 Å². The summed E-state index contributed by atoms with van der Waals surface area (Å²) in [4.78, 5) is 42.0. The summed E-state index contributed by atoms with van der Waals surface area (Å²) in [5, 5.41) is 16.7. The van der Waals surface area contributed by atoms with Crippen LogP contribution >= 0.6 is 11.6 Å². The first kappa shape index (κ1) is 35.6. The summed E-state index contributed by atoms with van der Waals surface area (Å²) in [7, 11) is 0. The minimum atomic E-state index is -0.741. The number of amides is 2. The monoisotopic (exact) mass is 653 g/mol. The van der Waals surface area contributed by atoms with Crippen molar-refractivity contribution in [3.63, 3.8) is 0 Å². The maximum atomic E-state index is 13.3. The Balaban J connectivity index is 1.73. The summed E-state index contributed by atoms with van der Waals surface area (Å²) in [6.45, 7) is 12.6. The average Bonchev–Trinajstić information content (AvgIpc) is 2.94. The lowest BCUT2D eigenvalue weighted by Gasteiger charge is -2.21. The number of alkyl carbamates (subject to hydrolysis) is 1. The van der Waals surface area contributed by atoms with Gasteiger partial charge in [0.1, 0.15) is 22.9 Å². The van der Waals surface area contributed by atoms with Crippen molar-refractivity contribution in [2.24, 2.45) is 0 Å². The molecule has 3 rings (SSSR count). The molecule has 13 heteroatoms. The van der Waals surface area contributed by atoms with Crippen LogP contribution in [0.3, 0.4) is 0 Å². The van der Waals surface area contributed by atoms with Crippen molar-refractivity contribution in [1.82, 2.24) is 10.3 Å². The van der Waals surface area contributed by atoms with Gasteiger partial charge in [-0.25, -0.2) is 14.6 Å². The zero-order valence-electron chi connectivity index (χ0n) is 27.0. The molecule has 0 aliphatic heterocycles. The van der Waals surface area contributed by atoms with Gasteiger partial charge in [-0.05, 0) is 84.9 Å². The fraction of sp³-hybridized carbons (Fsp3) is 0.364. The van der Waals surface area contributed by atoms with Gasteiger partial charge >= 0.3 is 12.1 Å². The third-order valence-electron chi connectivity index (χ3n) is 5.72. The second kappa shape index (κ2) is 15.4. The molecule has 46 heavy (non-hydrogen) atoms. The number of hydrogen-bond donors (Lipinski definition) is 4. The molecule has 1 aromatic heterocycles. The third kappa shape index (κ3) is 11.3. The number of esters is 1. The summed E-state index contributed by atoms with van der Waals surface area (Å²) in [6.07, 6.45) is 0.671. The molecule has 3 aromatic rings. The first-order chi connectivity index (χ1) is 21.5. The normalized spacial score (nSPS) is 11.2. The molecular formula is C33H40ClN5O7. The van der Waals surface area contributed by atoms with Gasteiger partial charge < -0.3 is 29.6 Å². The number of carbonyl (C=O) groups excluding carboxylic acids is 3. The van der Waals surface area contributed by atoms with Crippen molar-refractivity contribution < 1.29 is 33.3 Å². The number of nitrogens with zero attached hydrogens (tertiary/aromatic N) is 1. The van der Waals surface area contributed by atoms with Crippen molar-refractivity contribution in [2.45, 2.75) is 66.2 Å². The van der Waals surface area contributed by atoms with Crippen molar-refractivity contribution in [1.29, 1.82) is 5.41 Å². The first-order valence-electron chi connectivity index (χ1n) is 14.5. The number of rotatable bonds is 11. The molecule has 2 amide bonds. The predicted octanol–water partition coefficient (Wildman–Crippen LogP) is 6.57. The lowest BCUT2D eigenvalue weighted by Crippen LogP contribution is -2.36. The Morgan fingerprint density at radius 3 is 2.24 bits per heavy atom. The smallest absolute Gasteiger partial charge is 0.413 e. The molecule has 2 aromatic carbocycles. The van der Waals surface area contributed by atoms with Crippen LogP contribution in [0.5, 0.6) is 11.5 Å². The first-order valence-corrected chi connectivity index (χ1v) is 14.9. The number of nitrogens with one attached hydrogen (secondary N) is 4. The van der Waals surface area contributed by atoms with E-state index in [0.29, 0.717) is 34.9 Å². The maximum Gasteiger partial charge on any atom is 0.413 e. The van der Waals surface area contributed by atoms with E-state index in [0.717, 1.165) is 0 Å². The fourth-order valence-electron chi connectivity index (χ4n) is 3.96. The molecule has 0 atom stereocenters. The summed E-state index contributed by atoms with van der Waals surface area (Å²) in [6, 6.07) is 13.1. The number of pyridine rings is 1. The molecule has 1 heterocycles. The van der Waals surface area contributed by atoms with Crippen LogP contribution in [0.4, 0.5) is 16.3 Å². The van der Waals surface area contributed by atoms with Gasteiger partial charge in [0, 0.05) is 29.6 Å². The number of para-hydroxylation sites is 1. The van der Waals surface area contributed by atoms with Crippen LogP contribution in [0.25, 0.3) is 0 Å². The second-order valence-electron chi connectivity index (χ2n) is 12.0. The van der Waals surface area contributed by atoms with Gasteiger partial charge in [-0.1, -0.05) is 23.7 Å². The van der Waals surface area contributed by atoms with Crippen LogP contribution in [-0.4, -0.2) is 53.2 Å². The Labute approximate surface area is 273 Å². The largest absolute Gasteiger partial charge is 0.490 e. The van der Waals surface area contributed by atoms with Gasteiger partial charge in [-0.15, -0.1) is 0 Å². The van der Waals surface area contributed by atoms with Crippen LogP contribution in [0.1, 0.15) is 70.0 Å². The van der Waals surface area contributed by atoms with Gasteiger partial charge in [0.15, 0.2) is 18.1 Å². The number of carbonyl (C=O) groups is 3. The SMILES string of the molecule is CCOc1cccc(CNc2ncc(Cl)cc2C(=O)Nc2ccc(C(=N)NC(=O)OC(C)(C)C)cc2)c1OCC(=O)OC(C)(C)C. The van der Waals surface area contributed by atoms with Crippen LogP contribution in [-0.2, 0) is 20.8 Å². The Morgan fingerprint density at radius 2 is 1.61 bits per heavy atom. The molecule has 0 saturated carbocycles. The molecule has 0 saturated heterocycles. The zero-order valence-corrected chi connectivity index (χ0v) is 27.8. The van der Waals surface area contributed by atoms with Crippen molar-refractivity contribution in [3.8, 4) is 11.5 Å². The van der Waals surface area contributed by atoms with Gasteiger partial charge in [0.05, 0.1) is 17.2 Å². The lowest BCUT2D eigenvalue weighted by atomic mass is 10.1. The van der Waals surface area contributed by atoms with E-state index >= 15 is 0 Å². The van der Waals surface area contributed by atoms with E-state index in [2.05, 4.69) is 20.9 Å². The van der Waals surface area contributed by atoms with E-state index in [1.54, 1.807) is 84.0 Å². The van der Waals surface area contributed by atoms with Gasteiger partial charge in [0.2, 0.25) is 0 Å². The predicted molar refractivity (Wildman–Crippen MR) is 176 cm³/mol. The topological polar surface area (TPSA) is 161 Å². The highest BCUT2D eigenvalue weighted by Gasteiger charge is 2.21. The zero-order chi connectivity index (χ0) is 34.1. The fourth-order valence-corrected chi connectivity index (χ4v) is 4.12. The summed E-state index contributed by atoms with van der Waals surface area (Å²) < 4.78 is 22.1. The highest BCUT2D eigenvalue weighted by molar-refractivity contribution is 6.31. The minimum Gasteiger partial charge on any atom is -0.490 e. The third-order valence-corrected chi connectivity index (χ3v) is 5.92. The van der Waals surface area contributed by atoms with Crippen LogP contribution in [0, 0.1) is 5.41 Å². The summed E-state index contributed by atoms with van der Waals surface area (Å²) in [5.41, 5.74) is 0.309. The summed E-state index contributed by atoms with van der Waals surface area (Å²) in [5.74, 6) is -0.112. The molecule has 0 radical (unpaired) electrons. The average molecular weight is 654 g/mol. The number of halogens is 1. The molecule has 0 aliphatic rings. The number of aromatic nitrogens is 1. The van der Waals surface area contributed by atoms with E-state index in [-0.39, 0.29) is 35.4 Å². The highest BCUT2D eigenvalue weighted by atomic mass is 35.5. The Hall–Kier alpha value is -4.84. The van der Waals surface area contributed by atoms with Crippen molar-refractivity contribution in [3.05, 3.63) is 76.4 Å². The Morgan fingerprint density at radius 1 is 0.935 bits per heavy atom. The summed E-state index contributed by atoms with van der Waals surface area (Å²) >= 11 is 6.20. The van der Waals surface area contributed by atoms with E-state index in [1.165, 1.54) is 12.3 Å². The molecule has 4 N–H and O–H groups in total. The molecule has 0 spiro atoms. The van der Waals surface area contributed by atoms with Crippen LogP contribution in [0.2, 0.25) is 5.02 Å². The quantitative estimate of drug-likeness (QED) is 0.102. The number of benzene rings is 2. The number of ether oxygens (including phenoxy) is 4. The van der Waals surface area contributed by atoms with Gasteiger partial charge in [-0.3, -0.25) is 15.5 Å². The number of anilines is 2. The number of amidine groups is 1. The Kier molecular flexibility index (Phi) is 12.0. The molecule has 0 aliphatic carbocycles. The standard InChI is InChI=1S/C33H40ClN5O7/c1-8-43-25-11-9-10-21(27(25)44-19-26(40)45-32(2,3)4)17-36-29-24(16-22(34)18-37-29)30(41)38-23-14-12-20(13-15-23)28(35)39-31(42)46-33(5,6)7/h9-16,18H,8,17,19H2,1-7H3,(H,36,37)(H,38,41)(H2,35,39,42). The molecule has 0 bridgehead atoms. The molecule has 246 valence electrons. The number of hydrogen-bond acceptors (Lipinski definition) is 10. The minimum absolute atomic E-state index is 0.152. The van der Waals surface area contributed by atoms with E-state index in [4.69, 9.17) is 36.0 Å². The molecule has 0 fully saturated rings. The molecule has 0 unspecified atom stereocenters. The van der Waals surface area contributed by atoms with Gasteiger partial charge in [-0.2, -0.15) is 0 Å². The molecule has 12 nitrogen and oxygen atoms in total. The molecular weight excluding hydrogens is 614 g/mol. The van der Waals surface area contributed by atoms with Crippen molar-refractivity contribution >= 4 is 46.9 Å². The van der Waals surface area contributed by atoms with Crippen molar-refractivity contribution in [2.75, 3.05) is 23.8 Å². The van der Waals surface area contributed by atoms with Crippen LogP contribution < -0.4 is 25.4 Å². The lowest BCUT2D eigenvalue weighted by molar-refractivity contribution is -0.157. The second-order valence-corrected chi connectivity index (χ2v) is 12.4. The maximum absolute atomic E-state index is 13.3. The van der Waals surface area contributed by atoms with Gasteiger partial charge in [0.25, 0.3) is 5.91 Å². The van der Waals surface area contributed by atoms with Crippen LogP contribution in [0.15, 0.2) is 54.7 Å².